The first-order chi connectivity index (χ1) is 12.0. The fraction of sp³-hybridized carbons (Fsp3) is 0.438. The molecule has 1 fully saturated rings. The zero-order valence-electron chi connectivity index (χ0n) is 13.8. The molecule has 1 aliphatic rings. The van der Waals surface area contributed by atoms with E-state index < -0.39 is 40.7 Å². The highest BCUT2D eigenvalue weighted by atomic mass is 32.2. The second kappa shape index (κ2) is 7.37. The number of aliphatic hydroxyl groups is 1. The van der Waals surface area contributed by atoms with Gasteiger partial charge in [-0.15, -0.1) is 6.58 Å². The molecule has 1 saturated heterocycles. The van der Waals surface area contributed by atoms with Crippen LogP contribution in [0.5, 0.6) is 0 Å². The SMILES string of the molecule is C=CCNS(=O)(=O)c1cccc(C(=O)N2CCC[C@](O)(C(F)(F)F)C2)c1. The first-order valence-corrected chi connectivity index (χ1v) is 9.27. The second-order valence-electron chi connectivity index (χ2n) is 6.03. The molecule has 0 spiro atoms. The Morgan fingerprint density at radius 2 is 2.12 bits per heavy atom. The summed E-state index contributed by atoms with van der Waals surface area (Å²) >= 11 is 0. The number of β-amino-alcohol motifs (C(OH)–C–C–N with tert-alkyl or cyclic N) is 1. The van der Waals surface area contributed by atoms with E-state index in [2.05, 4.69) is 11.3 Å². The smallest absolute Gasteiger partial charge is 0.379 e. The molecule has 10 heteroatoms. The Morgan fingerprint density at radius 3 is 2.73 bits per heavy atom. The zero-order chi connectivity index (χ0) is 19.6. The standard InChI is InChI=1S/C16H19F3N2O4S/c1-2-8-20-26(24,25)13-6-3-5-12(10-13)14(22)21-9-4-7-15(23,11-21)16(17,18)19/h2-3,5-6,10,20,23H,1,4,7-9,11H2/t15-/m1/s1. The summed E-state index contributed by atoms with van der Waals surface area (Å²) < 4.78 is 65.5. The van der Waals surface area contributed by atoms with E-state index in [1.54, 1.807) is 0 Å². The zero-order valence-corrected chi connectivity index (χ0v) is 14.6. The average molecular weight is 392 g/mol. The van der Waals surface area contributed by atoms with Crippen LogP contribution in [-0.2, 0) is 10.0 Å². The van der Waals surface area contributed by atoms with Gasteiger partial charge in [0.25, 0.3) is 5.91 Å². The molecule has 1 amide bonds. The van der Waals surface area contributed by atoms with Crippen molar-refractivity contribution < 1.29 is 31.5 Å². The number of carbonyl (C=O) groups excluding carboxylic acids is 1. The lowest BCUT2D eigenvalue weighted by Gasteiger charge is -2.40. The van der Waals surface area contributed by atoms with Crippen molar-refractivity contribution in [2.45, 2.75) is 29.5 Å². The third kappa shape index (κ3) is 4.25. The van der Waals surface area contributed by atoms with Crippen LogP contribution < -0.4 is 4.72 Å². The molecule has 0 aliphatic carbocycles. The highest BCUT2D eigenvalue weighted by molar-refractivity contribution is 7.89. The predicted octanol–water partition coefficient (Wildman–Crippen LogP) is 1.68. The summed E-state index contributed by atoms with van der Waals surface area (Å²) in [5.41, 5.74) is -3.03. The van der Waals surface area contributed by atoms with E-state index in [1.165, 1.54) is 24.3 Å². The normalized spacial score (nSPS) is 21.5. The maximum Gasteiger partial charge on any atom is 0.418 e. The molecule has 1 aliphatic heterocycles. The quantitative estimate of drug-likeness (QED) is 0.747. The number of alkyl halides is 3. The van der Waals surface area contributed by atoms with Gasteiger partial charge in [-0.1, -0.05) is 12.1 Å². The Labute approximate surface area is 149 Å². The number of piperidine rings is 1. The van der Waals surface area contributed by atoms with Crippen molar-refractivity contribution in [3.05, 3.63) is 42.5 Å². The Kier molecular flexibility index (Phi) is 5.79. The summed E-state index contributed by atoms with van der Waals surface area (Å²) in [6, 6.07) is 5.01. The molecule has 1 atom stereocenters. The number of nitrogens with zero attached hydrogens (tertiary/aromatic N) is 1. The molecule has 1 aromatic rings. The first kappa shape index (κ1) is 20.4. The highest BCUT2D eigenvalue weighted by Gasteiger charge is 2.55. The van der Waals surface area contributed by atoms with Crippen LogP contribution in [0.3, 0.4) is 0 Å². The summed E-state index contributed by atoms with van der Waals surface area (Å²) in [7, 11) is -3.88. The lowest BCUT2D eigenvalue weighted by atomic mass is 9.92. The van der Waals surface area contributed by atoms with E-state index in [4.69, 9.17) is 0 Å². The Morgan fingerprint density at radius 1 is 1.42 bits per heavy atom. The Hall–Kier alpha value is -1.91. The van der Waals surface area contributed by atoms with E-state index in [1.807, 2.05) is 0 Å². The number of nitrogens with one attached hydrogen (secondary N) is 1. The van der Waals surface area contributed by atoms with Gasteiger partial charge in [-0.25, -0.2) is 13.1 Å². The lowest BCUT2D eigenvalue weighted by molar-refractivity contribution is -0.271. The third-order valence-electron chi connectivity index (χ3n) is 4.09. The number of hydrogen-bond donors (Lipinski definition) is 2. The summed E-state index contributed by atoms with van der Waals surface area (Å²) in [4.78, 5) is 13.2. The molecule has 1 aromatic carbocycles. The molecular weight excluding hydrogens is 373 g/mol. The number of amides is 1. The van der Waals surface area contributed by atoms with Crippen molar-refractivity contribution >= 4 is 15.9 Å². The van der Waals surface area contributed by atoms with Gasteiger partial charge in [-0.05, 0) is 31.0 Å². The molecule has 2 N–H and O–H groups in total. The average Bonchev–Trinajstić information content (AvgIpc) is 2.58. The molecular formula is C16H19F3N2O4S. The first-order valence-electron chi connectivity index (χ1n) is 7.79. The summed E-state index contributed by atoms with van der Waals surface area (Å²) in [5.74, 6) is -0.770. The van der Waals surface area contributed by atoms with E-state index in [-0.39, 0.29) is 30.0 Å². The van der Waals surface area contributed by atoms with Crippen molar-refractivity contribution in [1.29, 1.82) is 0 Å². The maximum absolute atomic E-state index is 13.0. The number of sulfonamides is 1. The largest absolute Gasteiger partial charge is 0.418 e. The van der Waals surface area contributed by atoms with Crippen LogP contribution in [0.15, 0.2) is 41.8 Å². The van der Waals surface area contributed by atoms with Crippen LogP contribution in [0, 0.1) is 0 Å². The van der Waals surface area contributed by atoms with Gasteiger partial charge in [0.05, 0.1) is 11.4 Å². The van der Waals surface area contributed by atoms with Gasteiger partial charge in [-0.2, -0.15) is 13.2 Å². The Balaban J connectivity index is 2.25. The van der Waals surface area contributed by atoms with Crippen molar-refractivity contribution in [3.63, 3.8) is 0 Å². The van der Waals surface area contributed by atoms with Gasteiger partial charge >= 0.3 is 6.18 Å². The van der Waals surface area contributed by atoms with Crippen molar-refractivity contribution in [1.82, 2.24) is 9.62 Å². The molecule has 26 heavy (non-hydrogen) atoms. The van der Waals surface area contributed by atoms with Crippen molar-refractivity contribution in [2.75, 3.05) is 19.6 Å². The molecule has 144 valence electrons. The minimum atomic E-state index is -4.86. The van der Waals surface area contributed by atoms with E-state index in [0.29, 0.717) is 0 Å². The molecule has 6 nitrogen and oxygen atoms in total. The van der Waals surface area contributed by atoms with Gasteiger partial charge < -0.3 is 10.0 Å². The highest BCUT2D eigenvalue weighted by Crippen LogP contribution is 2.37. The molecule has 0 bridgehead atoms. The van der Waals surface area contributed by atoms with Gasteiger partial charge in [-0.3, -0.25) is 4.79 Å². The number of halogens is 3. The number of carbonyl (C=O) groups is 1. The van der Waals surface area contributed by atoms with Gasteiger partial charge in [0.15, 0.2) is 5.60 Å². The molecule has 0 unspecified atom stereocenters. The van der Waals surface area contributed by atoms with Crippen molar-refractivity contribution in [2.24, 2.45) is 0 Å². The molecule has 1 heterocycles. The minimum Gasteiger partial charge on any atom is -0.379 e. The summed E-state index contributed by atoms with van der Waals surface area (Å²) in [6.45, 7) is 2.54. The maximum atomic E-state index is 13.0. The molecule has 2 rings (SSSR count). The van der Waals surface area contributed by atoms with E-state index in [0.717, 1.165) is 11.0 Å². The molecule has 0 saturated carbocycles. The van der Waals surface area contributed by atoms with Crippen molar-refractivity contribution in [3.8, 4) is 0 Å². The van der Waals surface area contributed by atoms with Crippen LogP contribution >= 0.6 is 0 Å². The number of hydrogen-bond acceptors (Lipinski definition) is 4. The number of likely N-dealkylation sites (tertiary alicyclic amines) is 1. The molecule has 0 radical (unpaired) electrons. The number of benzene rings is 1. The lowest BCUT2D eigenvalue weighted by Crippen LogP contribution is -2.58. The van der Waals surface area contributed by atoms with Crippen LogP contribution in [0.1, 0.15) is 23.2 Å². The van der Waals surface area contributed by atoms with Crippen LogP contribution in [-0.4, -0.2) is 55.7 Å². The molecule has 0 aromatic heterocycles. The summed E-state index contributed by atoms with van der Waals surface area (Å²) in [5, 5.41) is 9.82. The summed E-state index contributed by atoms with van der Waals surface area (Å²) in [6.07, 6.45) is -4.01. The minimum absolute atomic E-state index is 0.00868. The van der Waals surface area contributed by atoms with E-state index >= 15 is 0 Å². The van der Waals surface area contributed by atoms with Crippen LogP contribution in [0.25, 0.3) is 0 Å². The van der Waals surface area contributed by atoms with Gasteiger partial charge in [0.2, 0.25) is 10.0 Å². The second-order valence-corrected chi connectivity index (χ2v) is 7.79. The Bertz CT molecular complexity index is 795. The fourth-order valence-corrected chi connectivity index (χ4v) is 3.72. The fourth-order valence-electron chi connectivity index (χ4n) is 2.67. The third-order valence-corrected chi connectivity index (χ3v) is 5.52. The monoisotopic (exact) mass is 392 g/mol. The van der Waals surface area contributed by atoms with Crippen LogP contribution in [0.4, 0.5) is 13.2 Å². The van der Waals surface area contributed by atoms with E-state index in [9.17, 15) is 31.5 Å². The van der Waals surface area contributed by atoms with Crippen LogP contribution in [0.2, 0.25) is 0 Å². The topological polar surface area (TPSA) is 86.7 Å². The predicted molar refractivity (Wildman–Crippen MR) is 88.0 cm³/mol. The van der Waals surface area contributed by atoms with Gasteiger partial charge in [0.1, 0.15) is 0 Å². The number of rotatable bonds is 5. The van der Waals surface area contributed by atoms with Gasteiger partial charge in [0, 0.05) is 18.7 Å².